The molecule has 0 unspecified atom stereocenters. The molecule has 2 N–H and O–H groups in total. The van der Waals surface area contributed by atoms with E-state index in [0.717, 1.165) is 5.56 Å². The van der Waals surface area contributed by atoms with Crippen LogP contribution in [0.4, 0.5) is 0 Å². The molecule has 0 aromatic heterocycles. The van der Waals surface area contributed by atoms with E-state index in [-0.39, 0.29) is 18.4 Å². The Kier molecular flexibility index (Phi) is 6.19. The van der Waals surface area contributed by atoms with Gasteiger partial charge in [0.15, 0.2) is 0 Å². The van der Waals surface area contributed by atoms with Crippen LogP contribution in [0.5, 0.6) is 0 Å². The third-order valence-electron chi connectivity index (χ3n) is 2.95. The molecule has 1 rings (SSSR count). The van der Waals surface area contributed by atoms with Gasteiger partial charge in [0.2, 0.25) is 0 Å². The summed E-state index contributed by atoms with van der Waals surface area (Å²) in [6.45, 7) is 4.83. The van der Waals surface area contributed by atoms with Crippen molar-refractivity contribution in [2.24, 2.45) is 11.8 Å². The molecule has 17 heavy (non-hydrogen) atoms. The molecule has 0 aliphatic heterocycles. The van der Waals surface area contributed by atoms with Crippen molar-refractivity contribution in [2.75, 3.05) is 13.2 Å². The average Bonchev–Trinajstić information content (AvgIpc) is 2.38. The molecule has 96 valence electrons. The molecule has 0 saturated heterocycles. The van der Waals surface area contributed by atoms with Crippen LogP contribution < -0.4 is 0 Å². The van der Waals surface area contributed by atoms with E-state index in [4.69, 9.17) is 9.84 Å². The number of aliphatic hydroxyl groups is 2. The number of benzene rings is 1. The number of ether oxygens (including phenoxy) is 1. The van der Waals surface area contributed by atoms with Gasteiger partial charge >= 0.3 is 0 Å². The van der Waals surface area contributed by atoms with Crippen LogP contribution in [-0.4, -0.2) is 29.5 Å². The molecule has 0 fully saturated rings. The van der Waals surface area contributed by atoms with Gasteiger partial charge in [-0.25, -0.2) is 0 Å². The van der Waals surface area contributed by atoms with Gasteiger partial charge in [-0.3, -0.25) is 0 Å². The smallest absolute Gasteiger partial charge is 0.0717 e. The van der Waals surface area contributed by atoms with Gasteiger partial charge in [-0.15, -0.1) is 0 Å². The van der Waals surface area contributed by atoms with Gasteiger partial charge in [0, 0.05) is 18.4 Å². The van der Waals surface area contributed by atoms with E-state index in [1.165, 1.54) is 0 Å². The molecule has 3 heteroatoms. The van der Waals surface area contributed by atoms with Crippen LogP contribution in [0, 0.1) is 11.8 Å². The summed E-state index contributed by atoms with van der Waals surface area (Å²) in [4.78, 5) is 0. The highest BCUT2D eigenvalue weighted by Gasteiger charge is 2.20. The molecule has 0 saturated carbocycles. The second-order valence-electron chi connectivity index (χ2n) is 4.63. The third kappa shape index (κ3) is 4.86. The average molecular weight is 238 g/mol. The summed E-state index contributed by atoms with van der Waals surface area (Å²) in [5.41, 5.74) is 1.13. The van der Waals surface area contributed by atoms with Crippen molar-refractivity contribution in [3.8, 4) is 0 Å². The van der Waals surface area contributed by atoms with Gasteiger partial charge in [-0.2, -0.15) is 0 Å². The summed E-state index contributed by atoms with van der Waals surface area (Å²) in [6.07, 6.45) is -0.518. The van der Waals surface area contributed by atoms with Crippen molar-refractivity contribution in [1.82, 2.24) is 0 Å². The largest absolute Gasteiger partial charge is 0.396 e. The summed E-state index contributed by atoms with van der Waals surface area (Å²) in [6, 6.07) is 9.95. The second-order valence-corrected chi connectivity index (χ2v) is 4.63. The first-order chi connectivity index (χ1) is 8.15. The summed E-state index contributed by atoms with van der Waals surface area (Å²) in [5, 5.41) is 18.8. The fourth-order valence-electron chi connectivity index (χ4n) is 1.70. The number of aliphatic hydroxyl groups excluding tert-OH is 2. The lowest BCUT2D eigenvalue weighted by Gasteiger charge is -2.23. The van der Waals surface area contributed by atoms with Crippen LogP contribution in [-0.2, 0) is 11.3 Å². The predicted octanol–water partition coefficient (Wildman–Crippen LogP) is 1.83. The standard InChI is InChI=1S/C14H22O3/c1-11(8-15)14(16)12(2)9-17-10-13-6-4-3-5-7-13/h3-7,11-12,14-16H,8-10H2,1-2H3/t11-,12+,14+/m1/s1. The molecule has 0 aliphatic rings. The molecule has 3 nitrogen and oxygen atoms in total. The summed E-state index contributed by atoms with van der Waals surface area (Å²) >= 11 is 0. The zero-order chi connectivity index (χ0) is 12.7. The van der Waals surface area contributed by atoms with E-state index < -0.39 is 6.10 Å². The first-order valence-corrected chi connectivity index (χ1v) is 6.05. The molecule has 0 heterocycles. The van der Waals surface area contributed by atoms with Crippen molar-refractivity contribution in [3.05, 3.63) is 35.9 Å². The quantitative estimate of drug-likeness (QED) is 0.762. The lowest BCUT2D eigenvalue weighted by atomic mass is 9.95. The summed E-state index contributed by atoms with van der Waals surface area (Å²) in [5.74, 6) is -0.0776. The SMILES string of the molecule is C[C@H](CO)[C@H](O)[C@@H](C)COCc1ccccc1. The maximum atomic E-state index is 9.84. The van der Waals surface area contributed by atoms with Crippen LogP contribution in [0.2, 0.25) is 0 Å². The van der Waals surface area contributed by atoms with Gasteiger partial charge in [0.25, 0.3) is 0 Å². The molecule has 0 aliphatic carbocycles. The van der Waals surface area contributed by atoms with Gasteiger partial charge in [0.05, 0.1) is 19.3 Å². The Hall–Kier alpha value is -0.900. The predicted molar refractivity (Wildman–Crippen MR) is 67.5 cm³/mol. The molecule has 1 aromatic carbocycles. The zero-order valence-electron chi connectivity index (χ0n) is 10.5. The Balaban J connectivity index is 2.27. The number of hydrogen-bond acceptors (Lipinski definition) is 3. The summed E-state index contributed by atoms with van der Waals surface area (Å²) < 4.78 is 5.56. The van der Waals surface area contributed by atoms with Crippen LogP contribution >= 0.6 is 0 Å². The topological polar surface area (TPSA) is 49.7 Å². The molecule has 0 bridgehead atoms. The molecule has 0 amide bonds. The Labute approximate surface area is 103 Å². The van der Waals surface area contributed by atoms with Crippen LogP contribution in [0.15, 0.2) is 30.3 Å². The number of hydrogen-bond donors (Lipinski definition) is 2. The fraction of sp³-hybridized carbons (Fsp3) is 0.571. The zero-order valence-corrected chi connectivity index (χ0v) is 10.5. The Bertz CT molecular complexity index is 300. The molecule has 1 aromatic rings. The van der Waals surface area contributed by atoms with Crippen LogP contribution in [0.3, 0.4) is 0 Å². The second kappa shape index (κ2) is 7.43. The van der Waals surface area contributed by atoms with Crippen molar-refractivity contribution in [3.63, 3.8) is 0 Å². The van der Waals surface area contributed by atoms with Gasteiger partial charge < -0.3 is 14.9 Å². The van der Waals surface area contributed by atoms with Gasteiger partial charge in [-0.1, -0.05) is 44.2 Å². The molecule has 0 spiro atoms. The molecular weight excluding hydrogens is 216 g/mol. The van der Waals surface area contributed by atoms with Crippen molar-refractivity contribution >= 4 is 0 Å². The van der Waals surface area contributed by atoms with Crippen molar-refractivity contribution < 1.29 is 14.9 Å². The Morgan fingerprint density at radius 2 is 1.76 bits per heavy atom. The lowest BCUT2D eigenvalue weighted by Crippen LogP contribution is -2.30. The van der Waals surface area contributed by atoms with E-state index in [1.54, 1.807) is 0 Å². The van der Waals surface area contributed by atoms with E-state index in [9.17, 15) is 5.11 Å². The van der Waals surface area contributed by atoms with E-state index in [0.29, 0.717) is 13.2 Å². The van der Waals surface area contributed by atoms with Crippen LogP contribution in [0.25, 0.3) is 0 Å². The monoisotopic (exact) mass is 238 g/mol. The minimum absolute atomic E-state index is 0.00416. The first-order valence-electron chi connectivity index (χ1n) is 6.05. The summed E-state index contributed by atoms with van der Waals surface area (Å²) in [7, 11) is 0. The van der Waals surface area contributed by atoms with E-state index in [2.05, 4.69) is 0 Å². The fourth-order valence-corrected chi connectivity index (χ4v) is 1.70. The number of rotatable bonds is 7. The van der Waals surface area contributed by atoms with E-state index in [1.807, 2.05) is 44.2 Å². The minimum atomic E-state index is -0.518. The van der Waals surface area contributed by atoms with Gasteiger partial charge in [-0.05, 0) is 5.56 Å². The maximum Gasteiger partial charge on any atom is 0.0717 e. The molecule has 3 atom stereocenters. The molecule has 0 radical (unpaired) electrons. The highest BCUT2D eigenvalue weighted by molar-refractivity contribution is 5.13. The third-order valence-corrected chi connectivity index (χ3v) is 2.95. The maximum absolute atomic E-state index is 9.84. The Morgan fingerprint density at radius 3 is 2.35 bits per heavy atom. The normalized spacial score (nSPS) is 16.5. The molecular formula is C14H22O3. The minimum Gasteiger partial charge on any atom is -0.396 e. The lowest BCUT2D eigenvalue weighted by molar-refractivity contribution is -0.00902. The van der Waals surface area contributed by atoms with Gasteiger partial charge in [0.1, 0.15) is 0 Å². The van der Waals surface area contributed by atoms with Crippen LogP contribution in [0.1, 0.15) is 19.4 Å². The van der Waals surface area contributed by atoms with E-state index >= 15 is 0 Å². The van der Waals surface area contributed by atoms with Crippen molar-refractivity contribution in [1.29, 1.82) is 0 Å². The Morgan fingerprint density at radius 1 is 1.12 bits per heavy atom. The van der Waals surface area contributed by atoms with Crippen molar-refractivity contribution in [2.45, 2.75) is 26.6 Å². The first kappa shape index (κ1) is 14.2. The highest BCUT2D eigenvalue weighted by atomic mass is 16.5. The highest BCUT2D eigenvalue weighted by Crippen LogP contribution is 2.13.